The molecule has 2 aromatic carbocycles. The molecule has 24 heavy (non-hydrogen) atoms. The van der Waals surface area contributed by atoms with Crippen LogP contribution in [0.3, 0.4) is 0 Å². The van der Waals surface area contributed by atoms with E-state index in [1.165, 1.54) is 13.1 Å². The highest BCUT2D eigenvalue weighted by atomic mass is 35.5. The second-order valence-corrected chi connectivity index (χ2v) is 7.50. The molecule has 0 saturated carbocycles. The maximum Gasteiger partial charge on any atom is 0.419 e. The van der Waals surface area contributed by atoms with Gasteiger partial charge in [0.15, 0.2) is 15.4 Å². The maximum absolute atomic E-state index is 13.7. The Labute approximate surface area is 140 Å². The van der Waals surface area contributed by atoms with Gasteiger partial charge in [-0.2, -0.15) is 0 Å². The highest BCUT2D eigenvalue weighted by molar-refractivity contribution is 7.90. The predicted octanol–water partition coefficient (Wildman–Crippen LogP) is 3.04. The molecule has 0 atom stereocenters. The summed E-state index contributed by atoms with van der Waals surface area (Å²) in [6.45, 7) is 0. The van der Waals surface area contributed by atoms with Crippen molar-refractivity contribution in [1.82, 2.24) is 4.57 Å². The van der Waals surface area contributed by atoms with Crippen molar-refractivity contribution in [3.8, 4) is 0 Å². The van der Waals surface area contributed by atoms with Crippen LogP contribution in [0, 0.1) is 11.6 Å². The lowest BCUT2D eigenvalue weighted by molar-refractivity contribution is 0.528. The second-order valence-electron chi connectivity index (χ2n) is 5.14. The van der Waals surface area contributed by atoms with Crippen LogP contribution in [0.25, 0.3) is 11.1 Å². The minimum atomic E-state index is -4.16. The first-order valence-corrected chi connectivity index (χ1v) is 8.68. The zero-order valence-corrected chi connectivity index (χ0v) is 13.8. The van der Waals surface area contributed by atoms with Crippen molar-refractivity contribution >= 4 is 32.5 Å². The monoisotopic (exact) mass is 373 g/mol. The number of hydrogen-bond donors (Lipinski definition) is 0. The quantitative estimate of drug-likeness (QED) is 0.707. The van der Waals surface area contributed by atoms with E-state index >= 15 is 0 Å². The van der Waals surface area contributed by atoms with Crippen molar-refractivity contribution in [2.24, 2.45) is 7.05 Å². The smallest absolute Gasteiger partial charge is 0.408 e. The molecule has 0 spiro atoms. The van der Waals surface area contributed by atoms with Crippen LogP contribution in [0.2, 0.25) is 5.02 Å². The van der Waals surface area contributed by atoms with Crippen LogP contribution in [-0.2, 0) is 22.6 Å². The van der Waals surface area contributed by atoms with Gasteiger partial charge in [-0.1, -0.05) is 17.7 Å². The van der Waals surface area contributed by atoms with E-state index in [1.807, 2.05) is 0 Å². The van der Waals surface area contributed by atoms with Crippen molar-refractivity contribution in [3.05, 3.63) is 63.1 Å². The average molecular weight is 374 g/mol. The highest BCUT2D eigenvalue weighted by Gasteiger charge is 2.24. The lowest BCUT2D eigenvalue weighted by Crippen LogP contribution is -2.10. The van der Waals surface area contributed by atoms with Gasteiger partial charge in [-0.05, 0) is 18.2 Å². The van der Waals surface area contributed by atoms with Gasteiger partial charge in [-0.3, -0.25) is 4.57 Å². The fraction of sp³-hybridized carbons (Fsp3) is 0.133. The third-order valence-electron chi connectivity index (χ3n) is 3.58. The summed E-state index contributed by atoms with van der Waals surface area (Å²) in [6, 6.07) is 5.41. The first-order chi connectivity index (χ1) is 11.2. The van der Waals surface area contributed by atoms with Crippen LogP contribution in [0.4, 0.5) is 8.78 Å². The fourth-order valence-corrected chi connectivity index (χ4v) is 4.27. The van der Waals surface area contributed by atoms with E-state index < -0.39 is 38.5 Å². The molecule has 0 amide bonds. The minimum Gasteiger partial charge on any atom is -0.408 e. The Kier molecular flexibility index (Phi) is 3.97. The van der Waals surface area contributed by atoms with Gasteiger partial charge in [0.05, 0.1) is 21.2 Å². The van der Waals surface area contributed by atoms with E-state index in [0.29, 0.717) is 0 Å². The summed E-state index contributed by atoms with van der Waals surface area (Å²) in [6.07, 6.45) is 0. The van der Waals surface area contributed by atoms with Gasteiger partial charge in [-0.25, -0.2) is 22.0 Å². The number of benzene rings is 2. The van der Waals surface area contributed by atoms with Crippen molar-refractivity contribution < 1.29 is 21.6 Å². The van der Waals surface area contributed by atoms with Gasteiger partial charge in [0.25, 0.3) is 0 Å². The molecule has 0 fully saturated rings. The molecule has 0 unspecified atom stereocenters. The van der Waals surface area contributed by atoms with Crippen LogP contribution in [0.5, 0.6) is 0 Å². The van der Waals surface area contributed by atoms with E-state index in [2.05, 4.69) is 0 Å². The molecule has 0 saturated heterocycles. The molecule has 0 aliphatic carbocycles. The van der Waals surface area contributed by atoms with Crippen LogP contribution in [0.1, 0.15) is 5.56 Å². The summed E-state index contributed by atoms with van der Waals surface area (Å²) in [5.41, 5.74) is -0.254. The Morgan fingerprint density at radius 1 is 1.21 bits per heavy atom. The number of rotatable bonds is 3. The predicted molar refractivity (Wildman–Crippen MR) is 83.7 cm³/mol. The number of sulfone groups is 1. The van der Waals surface area contributed by atoms with Crippen molar-refractivity contribution in [1.29, 1.82) is 0 Å². The Hall–Kier alpha value is -2.19. The average Bonchev–Trinajstić information content (AvgIpc) is 2.76. The van der Waals surface area contributed by atoms with Crippen LogP contribution in [-0.4, -0.2) is 13.0 Å². The van der Waals surface area contributed by atoms with Gasteiger partial charge in [0.2, 0.25) is 0 Å². The topological polar surface area (TPSA) is 69.3 Å². The number of halogens is 3. The largest absolute Gasteiger partial charge is 0.419 e. The number of hydrogen-bond acceptors (Lipinski definition) is 4. The van der Waals surface area contributed by atoms with Gasteiger partial charge in [0, 0.05) is 18.7 Å². The van der Waals surface area contributed by atoms with Crippen LogP contribution in [0.15, 0.2) is 44.4 Å². The summed E-state index contributed by atoms with van der Waals surface area (Å²) >= 11 is 5.96. The SMILES string of the molecule is Cn1c(=O)oc2cc(Cl)c(S(=O)(=O)Cc3c(F)cccc3F)cc21. The van der Waals surface area contributed by atoms with Crippen molar-refractivity contribution in [3.63, 3.8) is 0 Å². The normalized spacial score (nSPS) is 12.0. The molecule has 0 bridgehead atoms. The molecule has 0 N–H and O–H groups in total. The standard InChI is InChI=1S/C15H10ClF2NO4S/c1-19-12-6-14(9(16)5-13(12)23-15(19)20)24(21,22)7-8-10(17)3-2-4-11(8)18/h2-6H,7H2,1H3. The second kappa shape index (κ2) is 5.71. The number of oxazole rings is 1. The zero-order valence-electron chi connectivity index (χ0n) is 12.2. The molecule has 0 aliphatic heterocycles. The minimum absolute atomic E-state index is 0.114. The third kappa shape index (κ3) is 2.71. The molecule has 3 aromatic rings. The Bertz CT molecular complexity index is 1100. The molecular formula is C15H10ClF2NO4S. The number of aromatic nitrogens is 1. The van der Waals surface area contributed by atoms with Gasteiger partial charge in [-0.15, -0.1) is 0 Å². The summed E-state index contributed by atoms with van der Waals surface area (Å²) in [4.78, 5) is 11.2. The van der Waals surface area contributed by atoms with E-state index in [4.69, 9.17) is 16.0 Å². The van der Waals surface area contributed by atoms with Crippen LogP contribution < -0.4 is 5.76 Å². The summed E-state index contributed by atoms with van der Waals surface area (Å²) in [5, 5.41) is -0.200. The van der Waals surface area contributed by atoms with E-state index in [0.717, 1.165) is 28.8 Å². The molecule has 5 nitrogen and oxygen atoms in total. The first kappa shape index (κ1) is 16.7. The van der Waals surface area contributed by atoms with E-state index in [1.54, 1.807) is 0 Å². The van der Waals surface area contributed by atoms with E-state index in [-0.39, 0.29) is 21.0 Å². The molecule has 0 radical (unpaired) electrons. The zero-order chi connectivity index (χ0) is 17.6. The number of aryl methyl sites for hydroxylation is 1. The van der Waals surface area contributed by atoms with Crippen molar-refractivity contribution in [2.45, 2.75) is 10.6 Å². The van der Waals surface area contributed by atoms with Crippen LogP contribution >= 0.6 is 11.6 Å². The first-order valence-electron chi connectivity index (χ1n) is 6.65. The molecule has 3 rings (SSSR count). The molecule has 1 heterocycles. The highest BCUT2D eigenvalue weighted by Crippen LogP contribution is 2.30. The third-order valence-corrected chi connectivity index (χ3v) is 5.68. The van der Waals surface area contributed by atoms with E-state index in [9.17, 15) is 22.0 Å². The fourth-order valence-electron chi connectivity index (χ4n) is 2.31. The Morgan fingerprint density at radius 2 is 1.83 bits per heavy atom. The molecule has 1 aromatic heterocycles. The Balaban J connectivity index is 2.16. The molecular weight excluding hydrogens is 364 g/mol. The van der Waals surface area contributed by atoms with Crippen molar-refractivity contribution in [2.75, 3.05) is 0 Å². The maximum atomic E-state index is 13.7. The summed E-state index contributed by atoms with van der Waals surface area (Å²) < 4.78 is 58.6. The Morgan fingerprint density at radius 3 is 2.46 bits per heavy atom. The molecule has 9 heteroatoms. The van der Waals surface area contributed by atoms with Gasteiger partial charge in [0.1, 0.15) is 11.6 Å². The van der Waals surface area contributed by atoms with Gasteiger partial charge >= 0.3 is 5.76 Å². The lowest BCUT2D eigenvalue weighted by atomic mass is 10.2. The lowest BCUT2D eigenvalue weighted by Gasteiger charge is -2.09. The van der Waals surface area contributed by atoms with Gasteiger partial charge < -0.3 is 4.42 Å². The molecule has 0 aliphatic rings. The molecule has 126 valence electrons. The number of fused-ring (bicyclic) bond motifs is 1. The summed E-state index contributed by atoms with van der Waals surface area (Å²) in [7, 11) is -2.76. The number of nitrogens with zero attached hydrogens (tertiary/aromatic N) is 1. The summed E-state index contributed by atoms with van der Waals surface area (Å²) in [5.74, 6) is -3.52.